The predicted octanol–water partition coefficient (Wildman–Crippen LogP) is 3.87. The van der Waals surface area contributed by atoms with Crippen molar-refractivity contribution in [3.05, 3.63) is 17.0 Å². The molecule has 16 heavy (non-hydrogen) atoms. The number of halogens is 1. The van der Waals surface area contributed by atoms with Crippen molar-refractivity contribution in [2.45, 2.75) is 46.1 Å². The van der Waals surface area contributed by atoms with Crippen molar-refractivity contribution in [3.63, 3.8) is 0 Å². The zero-order chi connectivity index (χ0) is 12.0. The molecule has 1 aromatic heterocycles. The van der Waals surface area contributed by atoms with E-state index in [2.05, 4.69) is 52.0 Å². The van der Waals surface area contributed by atoms with Gasteiger partial charge < -0.3 is 5.32 Å². The first-order valence-electron chi connectivity index (χ1n) is 5.81. The highest BCUT2D eigenvalue weighted by Gasteiger charge is 2.06. The molecule has 0 aliphatic carbocycles. The topological polar surface area (TPSA) is 37.8 Å². The molecule has 1 atom stereocenters. The molecule has 3 nitrogen and oxygen atoms in total. The van der Waals surface area contributed by atoms with Gasteiger partial charge in [-0.3, -0.25) is 0 Å². The number of anilines is 1. The minimum absolute atomic E-state index is 0.449. The predicted molar refractivity (Wildman–Crippen MR) is 71.5 cm³/mol. The number of hydrogen-bond acceptors (Lipinski definition) is 3. The first kappa shape index (κ1) is 13.4. The average Bonchev–Trinajstić information content (AvgIpc) is 2.21. The van der Waals surface area contributed by atoms with Crippen LogP contribution in [0.4, 0.5) is 5.82 Å². The van der Waals surface area contributed by atoms with Crippen LogP contribution in [0.15, 0.2) is 17.0 Å². The van der Waals surface area contributed by atoms with Gasteiger partial charge in [-0.2, -0.15) is 0 Å². The SMILES string of the molecule is CC(C)CCCC(C)Nc1ncncc1Br. The summed E-state index contributed by atoms with van der Waals surface area (Å²) in [5.74, 6) is 1.67. The molecule has 1 N–H and O–H groups in total. The van der Waals surface area contributed by atoms with Crippen LogP contribution in [0.2, 0.25) is 0 Å². The molecule has 90 valence electrons. The lowest BCUT2D eigenvalue weighted by molar-refractivity contribution is 0.520. The number of nitrogens with zero attached hydrogens (tertiary/aromatic N) is 2. The van der Waals surface area contributed by atoms with Crippen molar-refractivity contribution in [2.24, 2.45) is 5.92 Å². The molecule has 0 bridgehead atoms. The molecular weight excluding hydrogens is 266 g/mol. The van der Waals surface area contributed by atoms with Crippen molar-refractivity contribution in [3.8, 4) is 0 Å². The summed E-state index contributed by atoms with van der Waals surface area (Å²) in [6.07, 6.45) is 7.05. The van der Waals surface area contributed by atoms with E-state index in [-0.39, 0.29) is 0 Å². The summed E-state index contributed by atoms with van der Waals surface area (Å²) in [4.78, 5) is 8.13. The zero-order valence-corrected chi connectivity index (χ0v) is 11.8. The summed E-state index contributed by atoms with van der Waals surface area (Å²) >= 11 is 3.43. The van der Waals surface area contributed by atoms with Crippen LogP contribution in [0.5, 0.6) is 0 Å². The Morgan fingerprint density at radius 1 is 1.31 bits per heavy atom. The molecule has 0 amide bonds. The van der Waals surface area contributed by atoms with Gasteiger partial charge in [-0.25, -0.2) is 9.97 Å². The maximum absolute atomic E-state index is 4.19. The van der Waals surface area contributed by atoms with Gasteiger partial charge in [0, 0.05) is 12.2 Å². The summed E-state index contributed by atoms with van der Waals surface area (Å²) in [6.45, 7) is 6.72. The lowest BCUT2D eigenvalue weighted by Gasteiger charge is -2.15. The summed E-state index contributed by atoms with van der Waals surface area (Å²) in [5.41, 5.74) is 0. The fraction of sp³-hybridized carbons (Fsp3) is 0.667. The van der Waals surface area contributed by atoms with Gasteiger partial charge >= 0.3 is 0 Å². The van der Waals surface area contributed by atoms with Crippen LogP contribution in [-0.4, -0.2) is 16.0 Å². The van der Waals surface area contributed by atoms with Gasteiger partial charge in [-0.1, -0.05) is 26.7 Å². The smallest absolute Gasteiger partial charge is 0.143 e. The Morgan fingerprint density at radius 3 is 2.69 bits per heavy atom. The number of nitrogens with one attached hydrogen (secondary N) is 1. The summed E-state index contributed by atoms with van der Waals surface area (Å²) in [7, 11) is 0. The number of hydrogen-bond donors (Lipinski definition) is 1. The molecule has 0 saturated carbocycles. The Morgan fingerprint density at radius 2 is 2.06 bits per heavy atom. The molecule has 1 unspecified atom stereocenters. The van der Waals surface area contributed by atoms with E-state index in [9.17, 15) is 0 Å². The zero-order valence-electron chi connectivity index (χ0n) is 10.2. The van der Waals surface area contributed by atoms with Crippen LogP contribution >= 0.6 is 15.9 Å². The van der Waals surface area contributed by atoms with Crippen LogP contribution in [0.25, 0.3) is 0 Å². The third kappa shape index (κ3) is 4.92. The van der Waals surface area contributed by atoms with Gasteiger partial charge in [0.15, 0.2) is 0 Å². The maximum atomic E-state index is 4.19. The van der Waals surface area contributed by atoms with E-state index < -0.39 is 0 Å². The summed E-state index contributed by atoms with van der Waals surface area (Å²) in [5, 5.41) is 3.39. The van der Waals surface area contributed by atoms with Crippen LogP contribution in [0.3, 0.4) is 0 Å². The van der Waals surface area contributed by atoms with E-state index in [1.807, 2.05) is 0 Å². The van der Waals surface area contributed by atoms with E-state index in [1.165, 1.54) is 19.3 Å². The lowest BCUT2D eigenvalue weighted by atomic mass is 10.0. The molecule has 0 saturated heterocycles. The van der Waals surface area contributed by atoms with E-state index in [0.717, 1.165) is 16.2 Å². The third-order valence-corrected chi connectivity index (χ3v) is 3.05. The second kappa shape index (κ2) is 6.84. The lowest BCUT2D eigenvalue weighted by Crippen LogP contribution is -2.16. The Kier molecular flexibility index (Phi) is 5.74. The molecule has 0 spiro atoms. The van der Waals surface area contributed by atoms with Crippen molar-refractivity contribution in [2.75, 3.05) is 5.32 Å². The van der Waals surface area contributed by atoms with Gasteiger partial charge in [0.05, 0.1) is 4.47 Å². The van der Waals surface area contributed by atoms with E-state index in [4.69, 9.17) is 0 Å². The van der Waals surface area contributed by atoms with Crippen LogP contribution in [0.1, 0.15) is 40.0 Å². The van der Waals surface area contributed by atoms with Gasteiger partial charge in [0.25, 0.3) is 0 Å². The van der Waals surface area contributed by atoms with E-state index >= 15 is 0 Å². The molecule has 0 aromatic carbocycles. The maximum Gasteiger partial charge on any atom is 0.143 e. The molecule has 1 rings (SSSR count). The molecule has 0 fully saturated rings. The molecule has 0 radical (unpaired) electrons. The highest BCUT2D eigenvalue weighted by molar-refractivity contribution is 9.10. The fourth-order valence-corrected chi connectivity index (χ4v) is 1.89. The number of rotatable bonds is 6. The van der Waals surface area contributed by atoms with Crippen molar-refractivity contribution in [1.29, 1.82) is 0 Å². The van der Waals surface area contributed by atoms with E-state index in [1.54, 1.807) is 12.5 Å². The Balaban J connectivity index is 2.34. The van der Waals surface area contributed by atoms with E-state index in [0.29, 0.717) is 6.04 Å². The minimum Gasteiger partial charge on any atom is -0.367 e. The molecule has 1 heterocycles. The standard InChI is InChI=1S/C12H20BrN3/c1-9(2)5-4-6-10(3)16-12-11(13)7-14-8-15-12/h7-10H,4-6H2,1-3H3,(H,14,15,16). The van der Waals surface area contributed by atoms with Crippen LogP contribution in [-0.2, 0) is 0 Å². The molecule has 1 aromatic rings. The van der Waals surface area contributed by atoms with Crippen molar-refractivity contribution >= 4 is 21.7 Å². The van der Waals surface area contributed by atoms with Gasteiger partial charge in [-0.15, -0.1) is 0 Å². The van der Waals surface area contributed by atoms with Crippen LogP contribution < -0.4 is 5.32 Å². The highest BCUT2D eigenvalue weighted by atomic mass is 79.9. The minimum atomic E-state index is 0.449. The Labute approximate surface area is 106 Å². The second-order valence-corrected chi connectivity index (χ2v) is 5.44. The number of aromatic nitrogens is 2. The van der Waals surface area contributed by atoms with Crippen molar-refractivity contribution < 1.29 is 0 Å². The largest absolute Gasteiger partial charge is 0.367 e. The second-order valence-electron chi connectivity index (χ2n) is 4.59. The molecule has 0 aliphatic heterocycles. The molecule has 4 heteroatoms. The molecular formula is C12H20BrN3. The Hall–Kier alpha value is -0.640. The fourth-order valence-electron chi connectivity index (χ4n) is 1.56. The van der Waals surface area contributed by atoms with Gasteiger partial charge in [-0.05, 0) is 35.2 Å². The van der Waals surface area contributed by atoms with Crippen LogP contribution in [0, 0.1) is 5.92 Å². The Bertz CT molecular complexity index is 315. The van der Waals surface area contributed by atoms with Gasteiger partial charge in [0.2, 0.25) is 0 Å². The molecule has 0 aliphatic rings. The summed E-state index contributed by atoms with van der Waals surface area (Å²) in [6, 6.07) is 0.449. The van der Waals surface area contributed by atoms with Gasteiger partial charge in [0.1, 0.15) is 12.1 Å². The average molecular weight is 286 g/mol. The first-order valence-corrected chi connectivity index (χ1v) is 6.61. The van der Waals surface area contributed by atoms with Crippen molar-refractivity contribution in [1.82, 2.24) is 9.97 Å². The normalized spacial score (nSPS) is 12.8. The highest BCUT2D eigenvalue weighted by Crippen LogP contribution is 2.19. The first-order chi connectivity index (χ1) is 7.59. The summed E-state index contributed by atoms with van der Waals surface area (Å²) < 4.78 is 0.922. The quantitative estimate of drug-likeness (QED) is 0.862. The third-order valence-electron chi connectivity index (χ3n) is 2.47. The monoisotopic (exact) mass is 285 g/mol.